The second kappa shape index (κ2) is 4.53. The minimum absolute atomic E-state index is 0.579. The summed E-state index contributed by atoms with van der Waals surface area (Å²) in [6.45, 7) is 9.86. The molecular weight excluding hydrogens is 272 g/mol. The molecule has 22 heavy (non-hydrogen) atoms. The maximum Gasteiger partial charge on any atom is 0.230 e. The number of aromatic nitrogens is 2. The van der Waals surface area contributed by atoms with Crippen molar-refractivity contribution < 1.29 is 4.42 Å². The van der Waals surface area contributed by atoms with Crippen LogP contribution in [0.15, 0.2) is 60.3 Å². The van der Waals surface area contributed by atoms with E-state index in [4.69, 9.17) is 4.42 Å². The average molecular weight is 286 g/mol. The van der Waals surface area contributed by atoms with Crippen molar-refractivity contribution in [3.05, 3.63) is 67.2 Å². The molecule has 4 aromatic rings. The second-order valence-corrected chi connectivity index (χ2v) is 5.43. The summed E-state index contributed by atoms with van der Waals surface area (Å²) in [5.74, 6) is 0. The molecule has 0 radical (unpaired) electrons. The van der Waals surface area contributed by atoms with Gasteiger partial charge in [0.1, 0.15) is 11.9 Å². The van der Waals surface area contributed by atoms with Crippen molar-refractivity contribution in [3.8, 4) is 0 Å². The summed E-state index contributed by atoms with van der Waals surface area (Å²) in [6, 6.07) is 10.6. The first-order valence-electron chi connectivity index (χ1n) is 7.07. The van der Waals surface area contributed by atoms with Crippen molar-refractivity contribution in [2.75, 3.05) is 0 Å². The molecule has 0 spiro atoms. The Morgan fingerprint density at radius 2 is 2.00 bits per heavy atom. The third-order valence-corrected chi connectivity index (χ3v) is 3.93. The van der Waals surface area contributed by atoms with Crippen molar-refractivity contribution in [3.63, 3.8) is 0 Å². The van der Waals surface area contributed by atoms with Gasteiger partial charge in [-0.15, -0.1) is 0 Å². The van der Waals surface area contributed by atoms with E-state index in [2.05, 4.69) is 60.4 Å². The number of hydrogen-bond donors (Lipinski definition) is 0. The highest BCUT2D eigenvalue weighted by Crippen LogP contribution is 2.34. The fourth-order valence-electron chi connectivity index (χ4n) is 2.81. The van der Waals surface area contributed by atoms with Crippen molar-refractivity contribution in [2.45, 2.75) is 6.92 Å². The lowest BCUT2D eigenvalue weighted by atomic mass is 10.0. The summed E-state index contributed by atoms with van der Waals surface area (Å²) in [6.07, 6.45) is 3.20. The predicted octanol–water partition coefficient (Wildman–Crippen LogP) is 5.04. The average Bonchev–Trinajstić information content (AvgIpc) is 2.89. The summed E-state index contributed by atoms with van der Waals surface area (Å²) >= 11 is 0. The lowest BCUT2D eigenvalue weighted by molar-refractivity contribution is 0.653. The Bertz CT molecular complexity index is 1070. The highest BCUT2D eigenvalue weighted by Gasteiger charge is 2.15. The van der Waals surface area contributed by atoms with Crippen molar-refractivity contribution in [2.24, 2.45) is 0 Å². The van der Waals surface area contributed by atoms with E-state index >= 15 is 0 Å². The number of aryl methyl sites for hydroxylation is 1. The normalized spacial score (nSPS) is 11.3. The molecule has 0 aliphatic rings. The van der Waals surface area contributed by atoms with E-state index in [1.807, 2.05) is 0 Å². The highest BCUT2D eigenvalue weighted by molar-refractivity contribution is 6.12. The largest absolute Gasteiger partial charge is 0.438 e. The third-order valence-electron chi connectivity index (χ3n) is 3.93. The predicted molar refractivity (Wildman–Crippen MR) is 90.8 cm³/mol. The molecule has 0 atom stereocenters. The van der Waals surface area contributed by atoms with Gasteiger partial charge >= 0.3 is 0 Å². The summed E-state index contributed by atoms with van der Waals surface area (Å²) in [5.41, 5.74) is 4.15. The monoisotopic (exact) mass is 286 g/mol. The standard InChI is InChI=1S/C19H14N2O/c1-4-12(3)18-17-15-8-13-6-5-11(2)7-14(13)9-16(15)22-19(17)21-10-20-18/h4-10H,1,3H2,2H3. The smallest absolute Gasteiger partial charge is 0.230 e. The first-order valence-corrected chi connectivity index (χ1v) is 7.07. The van der Waals surface area contributed by atoms with Crippen LogP contribution >= 0.6 is 0 Å². The first kappa shape index (κ1) is 12.8. The number of allylic oxidation sites excluding steroid dienone is 2. The third kappa shape index (κ3) is 1.76. The van der Waals surface area contributed by atoms with Crippen LogP contribution in [0.5, 0.6) is 0 Å². The van der Waals surface area contributed by atoms with E-state index in [9.17, 15) is 0 Å². The molecule has 0 fully saturated rings. The minimum Gasteiger partial charge on any atom is -0.438 e. The second-order valence-electron chi connectivity index (χ2n) is 5.43. The first-order chi connectivity index (χ1) is 10.7. The van der Waals surface area contributed by atoms with Crippen LogP contribution in [-0.2, 0) is 0 Å². The molecule has 2 heterocycles. The van der Waals surface area contributed by atoms with E-state index in [1.54, 1.807) is 6.08 Å². The summed E-state index contributed by atoms with van der Waals surface area (Å²) in [7, 11) is 0. The molecule has 0 bridgehead atoms. The van der Waals surface area contributed by atoms with Gasteiger partial charge in [0, 0.05) is 5.39 Å². The zero-order valence-corrected chi connectivity index (χ0v) is 12.3. The van der Waals surface area contributed by atoms with Gasteiger partial charge in [0.2, 0.25) is 5.71 Å². The maximum absolute atomic E-state index is 5.91. The van der Waals surface area contributed by atoms with E-state index in [0.29, 0.717) is 5.71 Å². The van der Waals surface area contributed by atoms with Gasteiger partial charge in [0.25, 0.3) is 0 Å². The highest BCUT2D eigenvalue weighted by atomic mass is 16.3. The molecule has 0 aliphatic carbocycles. The number of benzene rings is 2. The molecule has 0 unspecified atom stereocenters. The quantitative estimate of drug-likeness (QED) is 0.485. The van der Waals surface area contributed by atoms with Crippen LogP contribution < -0.4 is 0 Å². The Morgan fingerprint density at radius 1 is 1.14 bits per heavy atom. The fourth-order valence-corrected chi connectivity index (χ4v) is 2.81. The van der Waals surface area contributed by atoms with Crippen LogP contribution in [0.4, 0.5) is 0 Å². The van der Waals surface area contributed by atoms with Crippen LogP contribution in [0.2, 0.25) is 0 Å². The van der Waals surface area contributed by atoms with Crippen molar-refractivity contribution in [1.29, 1.82) is 0 Å². The zero-order chi connectivity index (χ0) is 15.3. The van der Waals surface area contributed by atoms with Gasteiger partial charge in [-0.05, 0) is 35.4 Å². The molecule has 3 heteroatoms. The number of rotatable bonds is 2. The summed E-state index contributed by atoms with van der Waals surface area (Å²) in [4.78, 5) is 8.60. The van der Waals surface area contributed by atoms with Crippen LogP contribution in [-0.4, -0.2) is 9.97 Å². The molecule has 0 saturated carbocycles. The number of nitrogens with zero attached hydrogens (tertiary/aromatic N) is 2. The lowest BCUT2D eigenvalue weighted by Crippen LogP contribution is -1.88. The molecule has 2 aromatic heterocycles. The van der Waals surface area contributed by atoms with Crippen LogP contribution in [0, 0.1) is 6.92 Å². The van der Waals surface area contributed by atoms with Gasteiger partial charge in [-0.25, -0.2) is 9.97 Å². The van der Waals surface area contributed by atoms with E-state index < -0.39 is 0 Å². The Labute approximate surface area is 127 Å². The number of fused-ring (bicyclic) bond motifs is 4. The van der Waals surface area contributed by atoms with E-state index in [1.165, 1.54) is 17.3 Å². The van der Waals surface area contributed by atoms with Crippen molar-refractivity contribution in [1.82, 2.24) is 9.97 Å². The van der Waals surface area contributed by atoms with Crippen LogP contribution in [0.1, 0.15) is 11.3 Å². The number of furan rings is 1. The molecule has 0 N–H and O–H groups in total. The number of hydrogen-bond acceptors (Lipinski definition) is 3. The van der Waals surface area contributed by atoms with Gasteiger partial charge < -0.3 is 4.42 Å². The minimum atomic E-state index is 0.579. The van der Waals surface area contributed by atoms with Gasteiger partial charge in [0.15, 0.2) is 0 Å². The zero-order valence-electron chi connectivity index (χ0n) is 12.3. The maximum atomic E-state index is 5.91. The Morgan fingerprint density at radius 3 is 2.82 bits per heavy atom. The fraction of sp³-hybridized carbons (Fsp3) is 0.0526. The Kier molecular flexibility index (Phi) is 2.63. The van der Waals surface area contributed by atoms with E-state index in [0.717, 1.165) is 33.0 Å². The van der Waals surface area contributed by atoms with Gasteiger partial charge in [-0.3, -0.25) is 0 Å². The molecule has 3 nitrogen and oxygen atoms in total. The molecule has 0 amide bonds. The molecule has 2 aromatic carbocycles. The Hall–Kier alpha value is -2.94. The van der Waals surface area contributed by atoms with Crippen LogP contribution in [0.3, 0.4) is 0 Å². The molecular formula is C19H14N2O. The van der Waals surface area contributed by atoms with Gasteiger partial charge in [-0.2, -0.15) is 0 Å². The molecule has 0 aliphatic heterocycles. The van der Waals surface area contributed by atoms with E-state index in [-0.39, 0.29) is 0 Å². The van der Waals surface area contributed by atoms with Gasteiger partial charge in [0.05, 0.1) is 11.1 Å². The topological polar surface area (TPSA) is 38.9 Å². The van der Waals surface area contributed by atoms with Crippen LogP contribution in [0.25, 0.3) is 38.4 Å². The molecule has 4 rings (SSSR count). The Balaban J connectivity index is 2.18. The SMILES string of the molecule is C=CC(=C)c1ncnc2oc3cc4cc(C)ccc4cc3c12. The van der Waals surface area contributed by atoms with Gasteiger partial charge in [-0.1, -0.05) is 43.0 Å². The molecule has 106 valence electrons. The summed E-state index contributed by atoms with van der Waals surface area (Å²) in [5, 5.41) is 4.22. The molecule has 0 saturated heterocycles. The summed E-state index contributed by atoms with van der Waals surface area (Å²) < 4.78 is 5.91. The lowest BCUT2D eigenvalue weighted by Gasteiger charge is -2.02. The van der Waals surface area contributed by atoms with Crippen molar-refractivity contribution >= 4 is 38.4 Å².